The first-order chi connectivity index (χ1) is 31.2. The largest absolute Gasteiger partial charge is 0.456 e. The fraction of sp³-hybridized carbons (Fsp3) is 0.117. The van der Waals surface area contributed by atoms with Crippen molar-refractivity contribution >= 4 is 43.5 Å². The lowest BCUT2D eigenvalue weighted by Crippen LogP contribution is -1.75. The Hall–Kier alpha value is -7.69. The van der Waals surface area contributed by atoms with Gasteiger partial charge in [0.15, 0.2) is 0 Å². The number of furan rings is 1. The minimum atomic E-state index is 0.966. The summed E-state index contributed by atoms with van der Waals surface area (Å²) < 4.78 is 5.73. The summed E-state index contributed by atoms with van der Waals surface area (Å²) in [5.41, 5.74) is 10.7. The Morgan fingerprint density at radius 2 is 0.891 bits per heavy atom. The van der Waals surface area contributed by atoms with Crippen molar-refractivity contribution in [3.63, 3.8) is 0 Å². The topological polar surface area (TPSA) is 51.8 Å². The first-order valence-electron chi connectivity index (χ1n) is 21.6. The van der Waals surface area contributed by atoms with Gasteiger partial charge in [-0.3, -0.25) is 15.0 Å². The molecule has 0 amide bonds. The molecule has 0 unspecified atom stereocenters. The number of pyridine rings is 3. The van der Waals surface area contributed by atoms with Crippen LogP contribution in [-0.4, -0.2) is 15.0 Å². The molecule has 64 heavy (non-hydrogen) atoms. The molecule has 0 fully saturated rings. The molecular weight excluding hydrogens is 779 g/mol. The van der Waals surface area contributed by atoms with Crippen molar-refractivity contribution in [1.82, 2.24) is 15.0 Å². The molecule has 11 rings (SSSR count). The number of hydrogen-bond acceptors (Lipinski definition) is 4. The van der Waals surface area contributed by atoms with Gasteiger partial charge in [0.05, 0.1) is 0 Å². The van der Waals surface area contributed by atoms with Gasteiger partial charge in [-0.2, -0.15) is 0 Å². The molecule has 0 bridgehead atoms. The van der Waals surface area contributed by atoms with Crippen LogP contribution in [0.2, 0.25) is 0 Å². The Morgan fingerprint density at radius 3 is 1.47 bits per heavy atom. The van der Waals surface area contributed by atoms with Crippen LogP contribution < -0.4 is 0 Å². The van der Waals surface area contributed by atoms with E-state index in [-0.39, 0.29) is 0 Å². The van der Waals surface area contributed by atoms with Gasteiger partial charge < -0.3 is 4.42 Å². The standard InChI is InChI=1S/C13H10O.2C11H10.C7H8.3C6H7N/c1-9-6-7-11-10-4-2-3-5-12(10)14-13(11)8-9;1-9-5-4-7-10-6-2-3-8-11(9)10;1-9-6-7-10-4-2-3-5-11(10)8-9;1-7-5-3-2-4-6-7;1-6-2-4-7-5-3-6;1-6-3-2-4-7-5-6;1-6-4-2-3-5-7-6/h2-8H,1H3;2*2-8H,1H3;2-6H,1H3;3*2-5H,1H3. The van der Waals surface area contributed by atoms with Crippen LogP contribution in [0.15, 0.2) is 236 Å². The third-order valence-corrected chi connectivity index (χ3v) is 9.86. The van der Waals surface area contributed by atoms with E-state index in [4.69, 9.17) is 4.42 Å². The van der Waals surface area contributed by atoms with Crippen molar-refractivity contribution in [2.75, 3.05) is 0 Å². The maximum absolute atomic E-state index is 5.73. The molecule has 7 aromatic carbocycles. The fourth-order valence-electron chi connectivity index (χ4n) is 6.39. The molecule has 0 radical (unpaired) electrons. The highest BCUT2D eigenvalue weighted by Crippen LogP contribution is 2.28. The van der Waals surface area contributed by atoms with Crippen LogP contribution in [0.1, 0.15) is 39.1 Å². The summed E-state index contributed by atoms with van der Waals surface area (Å²) in [5.74, 6) is 0. The average Bonchev–Trinajstić information content (AvgIpc) is 3.69. The Bertz CT molecular complexity index is 2840. The van der Waals surface area contributed by atoms with E-state index in [1.54, 1.807) is 24.8 Å². The molecule has 4 heterocycles. The van der Waals surface area contributed by atoms with E-state index >= 15 is 0 Å². The Kier molecular flexibility index (Phi) is 19.2. The SMILES string of the molecule is Cc1ccc2c(c1)oc1ccccc12.Cc1ccc2ccccc2c1.Cc1cccc2ccccc12.Cc1ccccc1.Cc1ccccn1.Cc1cccnc1.Cc1ccncc1. The Balaban J connectivity index is 0.000000143. The molecule has 11 aromatic rings. The van der Waals surface area contributed by atoms with E-state index in [0.29, 0.717) is 0 Å². The number of aryl methyl sites for hydroxylation is 7. The molecule has 0 saturated heterocycles. The molecule has 320 valence electrons. The zero-order valence-electron chi connectivity index (χ0n) is 38.2. The van der Waals surface area contributed by atoms with Gasteiger partial charge in [-0.15, -0.1) is 0 Å². The first kappa shape index (κ1) is 47.4. The van der Waals surface area contributed by atoms with Crippen LogP contribution in [-0.2, 0) is 0 Å². The molecule has 0 aliphatic heterocycles. The van der Waals surface area contributed by atoms with Gasteiger partial charge in [0.1, 0.15) is 11.2 Å². The van der Waals surface area contributed by atoms with Crippen molar-refractivity contribution in [3.8, 4) is 0 Å². The number of aromatic nitrogens is 3. The predicted octanol–water partition coefficient (Wildman–Crippen LogP) is 16.4. The summed E-state index contributed by atoms with van der Waals surface area (Å²) in [6.07, 6.45) is 8.97. The van der Waals surface area contributed by atoms with E-state index in [2.05, 4.69) is 164 Å². The van der Waals surface area contributed by atoms with E-state index in [9.17, 15) is 0 Å². The summed E-state index contributed by atoms with van der Waals surface area (Å²) >= 11 is 0. The Morgan fingerprint density at radius 1 is 0.312 bits per heavy atom. The lowest BCUT2D eigenvalue weighted by molar-refractivity contribution is 0.668. The molecule has 0 aliphatic carbocycles. The number of hydrogen-bond donors (Lipinski definition) is 0. The van der Waals surface area contributed by atoms with E-state index < -0.39 is 0 Å². The summed E-state index contributed by atoms with van der Waals surface area (Å²) in [7, 11) is 0. The van der Waals surface area contributed by atoms with Crippen molar-refractivity contribution < 1.29 is 4.42 Å². The molecule has 4 nitrogen and oxygen atoms in total. The molecular formula is C60H59N3O. The molecule has 0 spiro atoms. The summed E-state index contributed by atoms with van der Waals surface area (Å²) in [6.45, 7) is 14.5. The molecule has 0 aliphatic rings. The summed E-state index contributed by atoms with van der Waals surface area (Å²) in [4.78, 5) is 11.7. The third-order valence-electron chi connectivity index (χ3n) is 9.86. The van der Waals surface area contributed by atoms with Crippen molar-refractivity contribution in [3.05, 3.63) is 270 Å². The highest BCUT2D eigenvalue weighted by molar-refractivity contribution is 6.04. The molecule has 0 atom stereocenters. The van der Waals surface area contributed by atoms with Crippen molar-refractivity contribution in [2.45, 2.75) is 48.5 Å². The van der Waals surface area contributed by atoms with Gasteiger partial charge >= 0.3 is 0 Å². The molecule has 4 aromatic heterocycles. The Labute approximate surface area is 380 Å². The minimum Gasteiger partial charge on any atom is -0.456 e. The van der Waals surface area contributed by atoms with E-state index in [1.165, 1.54) is 65.7 Å². The lowest BCUT2D eigenvalue weighted by Gasteiger charge is -1.98. The van der Waals surface area contributed by atoms with Gasteiger partial charge in [-0.05, 0) is 135 Å². The highest BCUT2D eigenvalue weighted by Gasteiger charge is 2.04. The average molecular weight is 838 g/mol. The van der Waals surface area contributed by atoms with Gasteiger partial charge in [-0.25, -0.2) is 0 Å². The summed E-state index contributed by atoms with van der Waals surface area (Å²) in [6, 6.07) is 68.2. The fourth-order valence-corrected chi connectivity index (χ4v) is 6.39. The van der Waals surface area contributed by atoms with Gasteiger partial charge in [0.2, 0.25) is 0 Å². The van der Waals surface area contributed by atoms with Crippen LogP contribution in [0.25, 0.3) is 43.5 Å². The first-order valence-corrected chi connectivity index (χ1v) is 21.6. The normalized spacial score (nSPS) is 9.80. The van der Waals surface area contributed by atoms with Crippen LogP contribution in [0.3, 0.4) is 0 Å². The second-order valence-electron chi connectivity index (χ2n) is 15.4. The number of para-hydroxylation sites is 1. The van der Waals surface area contributed by atoms with E-state index in [0.717, 1.165) is 16.9 Å². The van der Waals surface area contributed by atoms with Gasteiger partial charge in [0.25, 0.3) is 0 Å². The van der Waals surface area contributed by atoms with E-state index in [1.807, 2.05) is 106 Å². The second-order valence-corrected chi connectivity index (χ2v) is 15.4. The van der Waals surface area contributed by atoms with Gasteiger partial charge in [-0.1, -0.05) is 169 Å². The monoisotopic (exact) mass is 837 g/mol. The van der Waals surface area contributed by atoms with Crippen LogP contribution in [0.4, 0.5) is 0 Å². The quantitative estimate of drug-likeness (QED) is 0.153. The zero-order chi connectivity index (χ0) is 45.4. The lowest BCUT2D eigenvalue weighted by atomic mass is 10.1. The zero-order valence-corrected chi connectivity index (χ0v) is 38.2. The predicted molar refractivity (Wildman–Crippen MR) is 274 cm³/mol. The molecule has 4 heteroatoms. The minimum absolute atomic E-state index is 0.966. The number of nitrogens with zero attached hydrogens (tertiary/aromatic N) is 3. The number of fused-ring (bicyclic) bond motifs is 5. The maximum Gasteiger partial charge on any atom is 0.135 e. The highest BCUT2D eigenvalue weighted by atomic mass is 16.3. The molecule has 0 N–H and O–H groups in total. The van der Waals surface area contributed by atoms with Crippen LogP contribution >= 0.6 is 0 Å². The third kappa shape index (κ3) is 16.3. The second kappa shape index (κ2) is 25.9. The van der Waals surface area contributed by atoms with Crippen molar-refractivity contribution in [2.24, 2.45) is 0 Å². The maximum atomic E-state index is 5.73. The number of rotatable bonds is 0. The number of benzene rings is 7. The van der Waals surface area contributed by atoms with Crippen LogP contribution in [0, 0.1) is 48.5 Å². The molecule has 0 saturated carbocycles. The van der Waals surface area contributed by atoms with Gasteiger partial charge in [0, 0.05) is 47.5 Å². The van der Waals surface area contributed by atoms with Crippen molar-refractivity contribution in [1.29, 1.82) is 0 Å². The van der Waals surface area contributed by atoms with Crippen LogP contribution in [0.5, 0.6) is 0 Å². The smallest absolute Gasteiger partial charge is 0.135 e. The summed E-state index contributed by atoms with van der Waals surface area (Å²) in [5, 5.41) is 7.72.